The minimum Gasteiger partial charge on any atom is -0.481 e. The molecule has 0 fully saturated rings. The average molecular weight is 400 g/mol. The highest BCUT2D eigenvalue weighted by Gasteiger charge is 2.18. The fourth-order valence-corrected chi connectivity index (χ4v) is 2.90. The quantitative estimate of drug-likeness (QED) is 0.540. The van der Waals surface area contributed by atoms with Gasteiger partial charge < -0.3 is 15.4 Å². The van der Waals surface area contributed by atoms with E-state index >= 15 is 0 Å². The van der Waals surface area contributed by atoms with E-state index in [9.17, 15) is 9.59 Å². The number of nitrogens with one attached hydrogen (secondary N) is 2. The summed E-state index contributed by atoms with van der Waals surface area (Å²) in [7, 11) is 0. The number of rotatable bonds is 8. The highest BCUT2D eigenvalue weighted by molar-refractivity contribution is 6.04. The molecule has 0 saturated heterocycles. The fourth-order valence-electron chi connectivity index (χ4n) is 2.90. The molecule has 0 aliphatic heterocycles. The first-order valence-corrected chi connectivity index (χ1v) is 9.69. The van der Waals surface area contributed by atoms with Crippen LogP contribution in [0.3, 0.4) is 0 Å². The van der Waals surface area contributed by atoms with Crippen LogP contribution in [0, 0.1) is 0 Å². The maximum Gasteiger partial charge on any atom is 0.265 e. The van der Waals surface area contributed by atoms with Crippen LogP contribution in [0.1, 0.15) is 17.3 Å². The SMILES string of the molecule is C=CCNC(=O)c1ccccc1NC(=O)C(C)Oc1ccc(-c2ccccc2)cc1. The lowest BCUT2D eigenvalue weighted by molar-refractivity contribution is -0.122. The Hall–Kier alpha value is -3.86. The van der Waals surface area contributed by atoms with E-state index in [1.165, 1.54) is 0 Å². The molecule has 2 amide bonds. The first-order valence-electron chi connectivity index (χ1n) is 9.69. The fraction of sp³-hybridized carbons (Fsp3) is 0.120. The van der Waals surface area contributed by atoms with Crippen LogP contribution in [0.5, 0.6) is 5.75 Å². The van der Waals surface area contributed by atoms with Crippen molar-refractivity contribution in [2.45, 2.75) is 13.0 Å². The van der Waals surface area contributed by atoms with Crippen molar-refractivity contribution in [3.63, 3.8) is 0 Å². The van der Waals surface area contributed by atoms with Crippen LogP contribution in [0.4, 0.5) is 5.69 Å². The van der Waals surface area contributed by atoms with Gasteiger partial charge in [0.25, 0.3) is 11.8 Å². The highest BCUT2D eigenvalue weighted by Crippen LogP contribution is 2.23. The molecular weight excluding hydrogens is 376 g/mol. The smallest absolute Gasteiger partial charge is 0.265 e. The van der Waals surface area contributed by atoms with Crippen molar-refractivity contribution in [1.82, 2.24) is 5.32 Å². The Morgan fingerprint density at radius 1 is 0.933 bits per heavy atom. The maximum atomic E-state index is 12.6. The summed E-state index contributed by atoms with van der Waals surface area (Å²) in [5.74, 6) is -0.0312. The Balaban J connectivity index is 1.64. The van der Waals surface area contributed by atoms with Gasteiger partial charge in [-0.05, 0) is 42.3 Å². The average Bonchev–Trinajstić information content (AvgIpc) is 2.79. The Kier molecular flexibility index (Phi) is 7.00. The second-order valence-electron chi connectivity index (χ2n) is 6.68. The third kappa shape index (κ3) is 5.35. The molecule has 3 rings (SSSR count). The zero-order valence-corrected chi connectivity index (χ0v) is 16.8. The first-order chi connectivity index (χ1) is 14.6. The van der Waals surface area contributed by atoms with Crippen molar-refractivity contribution in [3.8, 4) is 16.9 Å². The van der Waals surface area contributed by atoms with Gasteiger partial charge in [-0.25, -0.2) is 0 Å². The summed E-state index contributed by atoms with van der Waals surface area (Å²) in [6, 6.07) is 24.4. The molecule has 1 unspecified atom stereocenters. The summed E-state index contributed by atoms with van der Waals surface area (Å²) in [5, 5.41) is 5.49. The van der Waals surface area contributed by atoms with Gasteiger partial charge in [0.15, 0.2) is 6.10 Å². The number of carbonyl (C=O) groups is 2. The van der Waals surface area contributed by atoms with Crippen LogP contribution in [0.15, 0.2) is 91.5 Å². The number of para-hydroxylation sites is 1. The van der Waals surface area contributed by atoms with E-state index in [0.717, 1.165) is 11.1 Å². The molecular formula is C25H24N2O3. The molecule has 5 nitrogen and oxygen atoms in total. The predicted octanol–water partition coefficient (Wildman–Crippen LogP) is 4.68. The van der Waals surface area contributed by atoms with Crippen LogP contribution in [0.25, 0.3) is 11.1 Å². The molecule has 3 aromatic carbocycles. The summed E-state index contributed by atoms with van der Waals surface area (Å²) in [5.41, 5.74) is 2.99. The summed E-state index contributed by atoms with van der Waals surface area (Å²) < 4.78 is 5.78. The topological polar surface area (TPSA) is 67.4 Å². The van der Waals surface area contributed by atoms with Crippen molar-refractivity contribution in [3.05, 3.63) is 97.1 Å². The molecule has 1 atom stereocenters. The molecule has 0 bridgehead atoms. The van der Waals surface area contributed by atoms with Gasteiger partial charge in [0.1, 0.15) is 5.75 Å². The lowest BCUT2D eigenvalue weighted by Gasteiger charge is -2.16. The highest BCUT2D eigenvalue weighted by atomic mass is 16.5. The number of hydrogen-bond donors (Lipinski definition) is 2. The summed E-state index contributed by atoms with van der Waals surface area (Å²) in [6.07, 6.45) is 0.856. The minimum absolute atomic E-state index is 0.282. The number of hydrogen-bond acceptors (Lipinski definition) is 3. The van der Waals surface area contributed by atoms with Crippen molar-refractivity contribution >= 4 is 17.5 Å². The molecule has 0 aromatic heterocycles. The Labute approximate surface area is 176 Å². The lowest BCUT2D eigenvalue weighted by atomic mass is 10.1. The lowest BCUT2D eigenvalue weighted by Crippen LogP contribution is -2.31. The molecule has 3 aromatic rings. The van der Waals surface area contributed by atoms with E-state index in [-0.39, 0.29) is 11.8 Å². The van der Waals surface area contributed by atoms with Crippen LogP contribution < -0.4 is 15.4 Å². The first kappa shape index (κ1) is 20.9. The number of ether oxygens (including phenoxy) is 1. The van der Waals surface area contributed by atoms with Gasteiger partial charge in [-0.3, -0.25) is 9.59 Å². The van der Waals surface area contributed by atoms with Gasteiger partial charge in [-0.2, -0.15) is 0 Å². The van der Waals surface area contributed by atoms with Crippen LogP contribution in [0.2, 0.25) is 0 Å². The summed E-state index contributed by atoms with van der Waals surface area (Å²) in [6.45, 7) is 5.60. The molecule has 0 aliphatic carbocycles. The molecule has 30 heavy (non-hydrogen) atoms. The molecule has 2 N–H and O–H groups in total. The Morgan fingerprint density at radius 2 is 1.57 bits per heavy atom. The van der Waals surface area contributed by atoms with Gasteiger partial charge in [0.2, 0.25) is 0 Å². The molecule has 0 aliphatic rings. The summed E-state index contributed by atoms with van der Waals surface area (Å²) in [4.78, 5) is 24.9. The zero-order valence-electron chi connectivity index (χ0n) is 16.8. The van der Waals surface area contributed by atoms with E-state index < -0.39 is 6.10 Å². The van der Waals surface area contributed by atoms with E-state index in [1.54, 1.807) is 37.3 Å². The number of amides is 2. The predicted molar refractivity (Wildman–Crippen MR) is 120 cm³/mol. The van der Waals surface area contributed by atoms with Crippen LogP contribution >= 0.6 is 0 Å². The number of benzene rings is 3. The summed E-state index contributed by atoms with van der Waals surface area (Å²) >= 11 is 0. The van der Waals surface area contributed by atoms with Crippen molar-refractivity contribution in [2.24, 2.45) is 0 Å². The Morgan fingerprint density at radius 3 is 2.27 bits per heavy atom. The molecule has 0 spiro atoms. The zero-order chi connectivity index (χ0) is 21.3. The normalized spacial score (nSPS) is 11.2. The minimum atomic E-state index is -0.739. The van der Waals surface area contributed by atoms with Crippen LogP contribution in [-0.4, -0.2) is 24.5 Å². The van der Waals surface area contributed by atoms with Gasteiger partial charge in [0, 0.05) is 6.54 Å². The van der Waals surface area contributed by atoms with E-state index in [2.05, 4.69) is 17.2 Å². The molecule has 5 heteroatoms. The number of anilines is 1. The third-order valence-electron chi connectivity index (χ3n) is 4.48. The number of carbonyl (C=O) groups excluding carboxylic acids is 2. The van der Waals surface area contributed by atoms with Gasteiger partial charge in [-0.15, -0.1) is 6.58 Å². The van der Waals surface area contributed by atoms with Crippen LogP contribution in [-0.2, 0) is 4.79 Å². The van der Waals surface area contributed by atoms with Crippen molar-refractivity contribution in [2.75, 3.05) is 11.9 Å². The van der Waals surface area contributed by atoms with Gasteiger partial charge in [-0.1, -0.05) is 60.7 Å². The largest absolute Gasteiger partial charge is 0.481 e. The molecule has 0 heterocycles. The molecule has 0 saturated carbocycles. The standard InChI is InChI=1S/C25H24N2O3/c1-3-17-26-25(29)22-11-7-8-12-23(22)27-24(28)18(2)30-21-15-13-20(14-16-21)19-9-5-4-6-10-19/h3-16,18H,1,17H2,2H3,(H,26,29)(H,27,28). The monoisotopic (exact) mass is 400 g/mol. The van der Waals surface area contributed by atoms with E-state index in [1.807, 2.05) is 54.6 Å². The second-order valence-corrected chi connectivity index (χ2v) is 6.68. The third-order valence-corrected chi connectivity index (χ3v) is 4.48. The van der Waals surface area contributed by atoms with E-state index in [4.69, 9.17) is 4.74 Å². The maximum absolute atomic E-state index is 12.6. The molecule has 0 radical (unpaired) electrons. The molecule has 152 valence electrons. The van der Waals surface area contributed by atoms with Gasteiger partial charge in [0.05, 0.1) is 11.3 Å². The van der Waals surface area contributed by atoms with Crippen molar-refractivity contribution < 1.29 is 14.3 Å². The van der Waals surface area contributed by atoms with E-state index in [0.29, 0.717) is 23.5 Å². The second kappa shape index (κ2) is 10.1. The Bertz CT molecular complexity index is 1010. The van der Waals surface area contributed by atoms with Crippen molar-refractivity contribution in [1.29, 1.82) is 0 Å². The van der Waals surface area contributed by atoms with Gasteiger partial charge >= 0.3 is 0 Å².